The van der Waals surface area contributed by atoms with Crippen molar-refractivity contribution < 1.29 is 9.53 Å². The van der Waals surface area contributed by atoms with Crippen LogP contribution in [0.2, 0.25) is 0 Å². The fraction of sp³-hybridized carbons (Fsp3) is 0.611. The lowest BCUT2D eigenvalue weighted by molar-refractivity contribution is -0.125. The monoisotopic (exact) mass is 349 g/mol. The number of rotatable bonds is 6. The molecule has 2 aliphatic rings. The van der Waals surface area contributed by atoms with Gasteiger partial charge in [0.05, 0.1) is 12.0 Å². The van der Waals surface area contributed by atoms with Gasteiger partial charge in [0.2, 0.25) is 5.91 Å². The van der Waals surface area contributed by atoms with E-state index in [0.717, 1.165) is 43.9 Å². The van der Waals surface area contributed by atoms with Crippen molar-refractivity contribution >= 4 is 17.7 Å². The van der Waals surface area contributed by atoms with Gasteiger partial charge in [0.15, 0.2) is 0 Å². The number of amides is 1. The van der Waals surface area contributed by atoms with E-state index >= 15 is 0 Å². The van der Waals surface area contributed by atoms with Crippen LogP contribution in [0.4, 0.5) is 0 Å². The third-order valence-corrected chi connectivity index (χ3v) is 6.37. The summed E-state index contributed by atoms with van der Waals surface area (Å²) >= 11 is 1.96. The first kappa shape index (κ1) is 17.7. The lowest BCUT2D eigenvalue weighted by Gasteiger charge is -2.37. The summed E-state index contributed by atoms with van der Waals surface area (Å²) in [5.41, 5.74) is 7.52. The standard InChI is InChI=1S/C18H27N3O2S/c1-2-24-18(8-10-23-11-9-18)13-19-17(22)15-12-20-21-16(15)14-6-4-3-5-7-14/h3-7,15-16,20-21H,2,8-13H2,1H3,(H,19,22). The van der Waals surface area contributed by atoms with Crippen LogP contribution in [-0.2, 0) is 9.53 Å². The van der Waals surface area contributed by atoms with E-state index in [-0.39, 0.29) is 22.6 Å². The van der Waals surface area contributed by atoms with Gasteiger partial charge in [0, 0.05) is 31.1 Å². The predicted molar refractivity (Wildman–Crippen MR) is 97.7 cm³/mol. The Labute approximate surface area is 148 Å². The molecule has 1 amide bonds. The largest absolute Gasteiger partial charge is 0.381 e. The van der Waals surface area contributed by atoms with Gasteiger partial charge in [-0.1, -0.05) is 37.3 Å². The van der Waals surface area contributed by atoms with Crippen LogP contribution in [0.3, 0.4) is 0 Å². The topological polar surface area (TPSA) is 62.4 Å². The van der Waals surface area contributed by atoms with Crippen LogP contribution in [0.25, 0.3) is 0 Å². The molecule has 0 aliphatic carbocycles. The fourth-order valence-electron chi connectivity index (χ4n) is 3.52. The second-order valence-corrected chi connectivity index (χ2v) is 8.20. The Bertz CT molecular complexity index is 529. The van der Waals surface area contributed by atoms with Crippen LogP contribution in [0.1, 0.15) is 31.4 Å². The third-order valence-electron chi connectivity index (χ3n) is 4.92. The van der Waals surface area contributed by atoms with Crippen molar-refractivity contribution in [3.8, 4) is 0 Å². The van der Waals surface area contributed by atoms with Gasteiger partial charge >= 0.3 is 0 Å². The van der Waals surface area contributed by atoms with E-state index in [2.05, 4.69) is 35.2 Å². The zero-order valence-electron chi connectivity index (χ0n) is 14.2. The summed E-state index contributed by atoms with van der Waals surface area (Å²) in [4.78, 5) is 12.8. The summed E-state index contributed by atoms with van der Waals surface area (Å²) in [6.07, 6.45) is 2.02. The number of carbonyl (C=O) groups is 1. The van der Waals surface area contributed by atoms with Crippen molar-refractivity contribution in [2.24, 2.45) is 5.92 Å². The summed E-state index contributed by atoms with van der Waals surface area (Å²) in [5.74, 6) is 1.11. The Morgan fingerprint density at radius 1 is 1.33 bits per heavy atom. The number of nitrogens with one attached hydrogen (secondary N) is 3. The molecule has 132 valence electrons. The second-order valence-electron chi connectivity index (χ2n) is 6.47. The van der Waals surface area contributed by atoms with Crippen molar-refractivity contribution in [2.45, 2.75) is 30.6 Å². The smallest absolute Gasteiger partial charge is 0.226 e. The number of hydrazine groups is 1. The maximum atomic E-state index is 12.8. The van der Waals surface area contributed by atoms with Crippen molar-refractivity contribution in [2.75, 3.05) is 32.1 Å². The summed E-state index contributed by atoms with van der Waals surface area (Å²) in [6, 6.07) is 10.2. The molecule has 24 heavy (non-hydrogen) atoms. The molecule has 2 heterocycles. The van der Waals surface area contributed by atoms with E-state index < -0.39 is 0 Å². The predicted octanol–water partition coefficient (Wildman–Crippen LogP) is 1.87. The molecule has 0 saturated carbocycles. The number of ether oxygens (including phenoxy) is 1. The minimum absolute atomic E-state index is 0.0238. The molecule has 0 spiro atoms. The molecule has 2 unspecified atom stereocenters. The minimum atomic E-state index is -0.0871. The number of hydrogen-bond acceptors (Lipinski definition) is 5. The Kier molecular flexibility index (Phi) is 6.16. The molecule has 1 aromatic carbocycles. The maximum Gasteiger partial charge on any atom is 0.226 e. The molecule has 5 nitrogen and oxygen atoms in total. The summed E-state index contributed by atoms with van der Waals surface area (Å²) < 4.78 is 5.64. The van der Waals surface area contributed by atoms with E-state index in [1.54, 1.807) is 0 Å². The lowest BCUT2D eigenvalue weighted by atomic mass is 9.93. The van der Waals surface area contributed by atoms with Crippen LogP contribution >= 0.6 is 11.8 Å². The molecule has 2 atom stereocenters. The Morgan fingerprint density at radius 3 is 2.79 bits per heavy atom. The van der Waals surface area contributed by atoms with Gasteiger partial charge in [-0.15, -0.1) is 0 Å². The quantitative estimate of drug-likeness (QED) is 0.732. The van der Waals surface area contributed by atoms with E-state index in [1.165, 1.54) is 0 Å². The van der Waals surface area contributed by atoms with Gasteiger partial charge in [0.25, 0.3) is 0 Å². The lowest BCUT2D eigenvalue weighted by Crippen LogP contribution is -2.47. The highest BCUT2D eigenvalue weighted by atomic mass is 32.2. The van der Waals surface area contributed by atoms with Crippen LogP contribution < -0.4 is 16.2 Å². The van der Waals surface area contributed by atoms with E-state index in [0.29, 0.717) is 6.54 Å². The molecule has 0 bridgehead atoms. The number of thioether (sulfide) groups is 1. The SMILES string of the molecule is CCSC1(CNC(=O)C2CNNC2c2ccccc2)CCOCC1. The van der Waals surface area contributed by atoms with Gasteiger partial charge in [-0.05, 0) is 24.2 Å². The molecular weight excluding hydrogens is 322 g/mol. The van der Waals surface area contributed by atoms with E-state index in [1.807, 2.05) is 30.0 Å². The highest BCUT2D eigenvalue weighted by Crippen LogP contribution is 2.35. The molecule has 2 aliphatic heterocycles. The molecule has 0 aromatic heterocycles. The van der Waals surface area contributed by atoms with Crippen molar-refractivity contribution in [3.05, 3.63) is 35.9 Å². The molecule has 2 fully saturated rings. The van der Waals surface area contributed by atoms with E-state index in [4.69, 9.17) is 4.74 Å². The van der Waals surface area contributed by atoms with Crippen LogP contribution in [0.15, 0.2) is 30.3 Å². The number of hydrogen-bond donors (Lipinski definition) is 3. The third kappa shape index (κ3) is 4.11. The molecule has 3 N–H and O–H groups in total. The van der Waals surface area contributed by atoms with Crippen molar-refractivity contribution in [3.63, 3.8) is 0 Å². The first-order valence-corrected chi connectivity index (χ1v) is 9.75. The van der Waals surface area contributed by atoms with Crippen LogP contribution in [0.5, 0.6) is 0 Å². The molecule has 1 aromatic rings. The highest BCUT2D eigenvalue weighted by Gasteiger charge is 2.37. The first-order chi connectivity index (χ1) is 11.7. The van der Waals surface area contributed by atoms with Gasteiger partial charge in [-0.3, -0.25) is 10.2 Å². The van der Waals surface area contributed by atoms with Crippen molar-refractivity contribution in [1.29, 1.82) is 0 Å². The molecule has 2 saturated heterocycles. The van der Waals surface area contributed by atoms with Gasteiger partial charge in [-0.25, -0.2) is 5.43 Å². The average Bonchev–Trinajstić information content (AvgIpc) is 3.11. The molecule has 6 heteroatoms. The minimum Gasteiger partial charge on any atom is -0.381 e. The molecule has 3 rings (SSSR count). The van der Waals surface area contributed by atoms with Gasteiger partial charge in [0.1, 0.15) is 0 Å². The zero-order chi connectivity index (χ0) is 16.8. The van der Waals surface area contributed by atoms with Crippen LogP contribution in [-0.4, -0.2) is 42.7 Å². The second kappa shape index (κ2) is 8.34. The Hall–Kier alpha value is -1.08. The maximum absolute atomic E-state index is 12.8. The van der Waals surface area contributed by atoms with Gasteiger partial charge < -0.3 is 10.1 Å². The summed E-state index contributed by atoms with van der Waals surface area (Å²) in [6.45, 7) is 5.15. The van der Waals surface area contributed by atoms with Crippen LogP contribution in [0, 0.1) is 5.92 Å². The average molecular weight is 350 g/mol. The summed E-state index contributed by atoms with van der Waals surface area (Å²) in [5, 5.41) is 3.22. The van der Waals surface area contributed by atoms with E-state index in [9.17, 15) is 4.79 Å². The summed E-state index contributed by atoms with van der Waals surface area (Å²) in [7, 11) is 0. The number of benzene rings is 1. The fourth-order valence-corrected chi connectivity index (χ4v) is 4.76. The zero-order valence-corrected chi connectivity index (χ0v) is 15.0. The molecular formula is C18H27N3O2S. The normalized spacial score (nSPS) is 26.2. The van der Waals surface area contributed by atoms with Gasteiger partial charge in [-0.2, -0.15) is 11.8 Å². The number of carbonyl (C=O) groups excluding carboxylic acids is 1. The molecule has 0 radical (unpaired) electrons. The Morgan fingerprint density at radius 2 is 2.08 bits per heavy atom. The first-order valence-electron chi connectivity index (χ1n) is 8.77. The van der Waals surface area contributed by atoms with Crippen molar-refractivity contribution in [1.82, 2.24) is 16.2 Å². The Balaban J connectivity index is 1.61. The highest BCUT2D eigenvalue weighted by molar-refractivity contribution is 8.00.